The smallest absolute Gasteiger partial charge is 0.327 e. The Kier molecular flexibility index (Phi) is 3.67. The fraction of sp³-hybridized carbons (Fsp3) is 0.333. The summed E-state index contributed by atoms with van der Waals surface area (Å²) in [5.74, 6) is 0.394. The maximum atomic E-state index is 12.3. The molecule has 2 rings (SSSR count). The van der Waals surface area contributed by atoms with Crippen LogP contribution >= 0.6 is 11.6 Å². The molecule has 1 aromatic heterocycles. The predicted molar refractivity (Wildman–Crippen MR) is 64.7 cm³/mol. The molecule has 3 nitrogen and oxygen atoms in total. The first-order chi connectivity index (χ1) is 8.94. The number of fused-ring (bicyclic) bond motifs is 1. The summed E-state index contributed by atoms with van der Waals surface area (Å²) < 4.78 is 38.3. The van der Waals surface area contributed by atoms with Crippen LogP contribution in [-0.4, -0.2) is 15.7 Å². The van der Waals surface area contributed by atoms with Gasteiger partial charge in [-0.3, -0.25) is 0 Å². The van der Waals surface area contributed by atoms with Crippen LogP contribution in [0.1, 0.15) is 17.8 Å². The molecule has 7 heteroatoms. The Labute approximate surface area is 112 Å². The van der Waals surface area contributed by atoms with Crippen molar-refractivity contribution in [2.75, 3.05) is 0 Å². The molecule has 0 aliphatic heterocycles. The van der Waals surface area contributed by atoms with E-state index in [9.17, 15) is 13.2 Å². The van der Waals surface area contributed by atoms with Gasteiger partial charge < -0.3 is 4.57 Å². The molecule has 0 aliphatic carbocycles. The van der Waals surface area contributed by atoms with E-state index in [-0.39, 0.29) is 12.4 Å². The van der Waals surface area contributed by atoms with E-state index < -0.39 is 12.6 Å². The molecular formula is C12H9ClF3N3. The van der Waals surface area contributed by atoms with Gasteiger partial charge in [-0.05, 0) is 18.2 Å². The van der Waals surface area contributed by atoms with Gasteiger partial charge in [-0.15, -0.1) is 11.6 Å². The van der Waals surface area contributed by atoms with Gasteiger partial charge in [-0.2, -0.15) is 18.4 Å². The van der Waals surface area contributed by atoms with Gasteiger partial charge in [0.1, 0.15) is 5.82 Å². The van der Waals surface area contributed by atoms with Crippen molar-refractivity contribution in [3.8, 4) is 6.07 Å². The molecule has 100 valence electrons. The van der Waals surface area contributed by atoms with Gasteiger partial charge in [0, 0.05) is 6.54 Å². The van der Waals surface area contributed by atoms with Crippen molar-refractivity contribution in [3.05, 3.63) is 29.6 Å². The molecule has 0 aliphatic rings. The average Bonchev–Trinajstić information content (AvgIpc) is 2.72. The van der Waals surface area contributed by atoms with E-state index in [1.165, 1.54) is 10.6 Å². The molecule has 0 radical (unpaired) electrons. The molecular weight excluding hydrogens is 279 g/mol. The topological polar surface area (TPSA) is 41.6 Å². The summed E-state index contributed by atoms with van der Waals surface area (Å²) in [6.45, 7) is -0.253. The summed E-state index contributed by atoms with van der Waals surface area (Å²) in [4.78, 5) is 4.16. The lowest BCUT2D eigenvalue weighted by atomic mass is 10.2. The minimum absolute atomic E-state index is 0.0222. The van der Waals surface area contributed by atoms with Gasteiger partial charge in [-0.1, -0.05) is 0 Å². The molecule has 0 amide bonds. The number of halogens is 4. The van der Waals surface area contributed by atoms with E-state index in [4.69, 9.17) is 16.9 Å². The van der Waals surface area contributed by atoms with Crippen molar-refractivity contribution >= 4 is 22.6 Å². The maximum Gasteiger partial charge on any atom is 0.390 e. The maximum absolute atomic E-state index is 12.3. The predicted octanol–water partition coefficient (Wildman–Crippen LogP) is 3.60. The van der Waals surface area contributed by atoms with Gasteiger partial charge in [0.15, 0.2) is 0 Å². The first kappa shape index (κ1) is 13.7. The summed E-state index contributed by atoms with van der Waals surface area (Å²) >= 11 is 5.70. The number of alkyl halides is 4. The van der Waals surface area contributed by atoms with E-state index in [0.717, 1.165) is 0 Å². The Morgan fingerprint density at radius 3 is 2.68 bits per heavy atom. The van der Waals surface area contributed by atoms with Crippen LogP contribution in [0.15, 0.2) is 18.2 Å². The van der Waals surface area contributed by atoms with E-state index in [0.29, 0.717) is 22.4 Å². The minimum atomic E-state index is -4.24. The van der Waals surface area contributed by atoms with Crippen LogP contribution in [0.2, 0.25) is 0 Å². The number of imidazole rings is 1. The van der Waals surface area contributed by atoms with Gasteiger partial charge >= 0.3 is 6.18 Å². The van der Waals surface area contributed by atoms with Crippen molar-refractivity contribution in [1.29, 1.82) is 5.26 Å². The van der Waals surface area contributed by atoms with Crippen molar-refractivity contribution in [3.63, 3.8) is 0 Å². The summed E-state index contributed by atoms with van der Waals surface area (Å²) in [5.41, 5.74) is 1.41. The lowest BCUT2D eigenvalue weighted by Crippen LogP contribution is -2.13. The fourth-order valence-corrected chi connectivity index (χ4v) is 2.04. The van der Waals surface area contributed by atoms with Crippen LogP contribution in [0.3, 0.4) is 0 Å². The van der Waals surface area contributed by atoms with Gasteiger partial charge in [-0.25, -0.2) is 4.98 Å². The highest BCUT2D eigenvalue weighted by Gasteiger charge is 2.27. The molecule has 0 saturated heterocycles. The zero-order chi connectivity index (χ0) is 14.0. The van der Waals surface area contributed by atoms with Crippen LogP contribution in [0.5, 0.6) is 0 Å². The van der Waals surface area contributed by atoms with E-state index in [1.807, 2.05) is 6.07 Å². The van der Waals surface area contributed by atoms with E-state index in [2.05, 4.69) is 4.98 Å². The summed E-state index contributed by atoms with van der Waals surface area (Å²) in [5, 5.41) is 8.83. The molecule has 0 bridgehead atoms. The number of hydrogen-bond donors (Lipinski definition) is 0. The number of aryl methyl sites for hydroxylation is 1. The molecule has 0 spiro atoms. The SMILES string of the molecule is N#Cc1ccc2nc(CCl)n(CCC(F)(F)F)c2c1. The summed E-state index contributed by atoms with van der Waals surface area (Å²) in [7, 11) is 0. The summed E-state index contributed by atoms with van der Waals surface area (Å²) in [6, 6.07) is 6.65. The van der Waals surface area contributed by atoms with Crippen LogP contribution < -0.4 is 0 Å². The zero-order valence-electron chi connectivity index (χ0n) is 9.71. The molecule has 0 saturated carbocycles. The molecule has 0 fully saturated rings. The van der Waals surface area contributed by atoms with Gasteiger partial charge in [0.2, 0.25) is 0 Å². The number of nitriles is 1. The Morgan fingerprint density at radius 2 is 2.11 bits per heavy atom. The molecule has 1 heterocycles. The second-order valence-electron chi connectivity index (χ2n) is 3.99. The van der Waals surface area contributed by atoms with Crippen molar-refractivity contribution in [2.45, 2.75) is 25.0 Å². The third-order valence-electron chi connectivity index (χ3n) is 2.69. The van der Waals surface area contributed by atoms with Crippen LogP contribution in [0.4, 0.5) is 13.2 Å². The number of aromatic nitrogens is 2. The van der Waals surface area contributed by atoms with Gasteiger partial charge in [0.05, 0.1) is 35.0 Å². The fourth-order valence-electron chi connectivity index (χ4n) is 1.83. The number of rotatable bonds is 3. The molecule has 2 aromatic rings. The molecule has 0 atom stereocenters. The van der Waals surface area contributed by atoms with Gasteiger partial charge in [0.25, 0.3) is 0 Å². The van der Waals surface area contributed by atoms with E-state index in [1.54, 1.807) is 12.1 Å². The minimum Gasteiger partial charge on any atom is -0.327 e. The summed E-state index contributed by atoms with van der Waals surface area (Å²) in [6.07, 6.45) is -5.20. The second kappa shape index (κ2) is 5.10. The highest BCUT2D eigenvalue weighted by molar-refractivity contribution is 6.16. The van der Waals surface area contributed by atoms with Crippen molar-refractivity contribution in [2.24, 2.45) is 0 Å². The molecule has 0 unspecified atom stereocenters. The first-order valence-corrected chi connectivity index (χ1v) is 6.00. The Bertz CT molecular complexity index is 640. The van der Waals surface area contributed by atoms with Crippen molar-refractivity contribution < 1.29 is 13.2 Å². The highest BCUT2D eigenvalue weighted by Crippen LogP contribution is 2.24. The monoisotopic (exact) mass is 287 g/mol. The normalized spacial score (nSPS) is 11.7. The molecule has 19 heavy (non-hydrogen) atoms. The quantitative estimate of drug-likeness (QED) is 0.809. The largest absolute Gasteiger partial charge is 0.390 e. The Morgan fingerprint density at radius 1 is 1.37 bits per heavy atom. The van der Waals surface area contributed by atoms with Crippen LogP contribution in [0.25, 0.3) is 11.0 Å². The number of nitrogens with zero attached hydrogens (tertiary/aromatic N) is 3. The lowest BCUT2D eigenvalue weighted by Gasteiger charge is -2.10. The highest BCUT2D eigenvalue weighted by atomic mass is 35.5. The third-order valence-corrected chi connectivity index (χ3v) is 2.93. The van der Waals surface area contributed by atoms with E-state index >= 15 is 0 Å². The molecule has 0 N–H and O–H groups in total. The third kappa shape index (κ3) is 2.99. The standard InChI is InChI=1S/C12H9ClF3N3/c13-6-11-18-9-2-1-8(7-17)5-10(9)19(11)4-3-12(14,15)16/h1-2,5H,3-4,6H2. The molecule has 1 aromatic carbocycles. The average molecular weight is 288 g/mol. The zero-order valence-corrected chi connectivity index (χ0v) is 10.5. The van der Waals surface area contributed by atoms with Crippen LogP contribution in [-0.2, 0) is 12.4 Å². The lowest BCUT2D eigenvalue weighted by molar-refractivity contribution is -0.136. The Hall–Kier alpha value is -1.74. The van der Waals surface area contributed by atoms with Crippen LogP contribution in [0, 0.1) is 11.3 Å². The van der Waals surface area contributed by atoms with Crippen molar-refractivity contribution in [1.82, 2.24) is 9.55 Å². The second-order valence-corrected chi connectivity index (χ2v) is 4.26. The first-order valence-electron chi connectivity index (χ1n) is 5.46. The number of benzene rings is 1. The Balaban J connectivity index is 2.47. The number of hydrogen-bond acceptors (Lipinski definition) is 2.